The summed E-state index contributed by atoms with van der Waals surface area (Å²) in [7, 11) is 1.65. The Labute approximate surface area is 122 Å². The molecule has 0 bridgehead atoms. The second-order valence-electron chi connectivity index (χ2n) is 4.90. The fraction of sp³-hybridized carbons (Fsp3) is 0.571. The molecular formula is C14H21BrFNO2. The summed E-state index contributed by atoms with van der Waals surface area (Å²) in [4.78, 5) is 0. The molecule has 0 aliphatic heterocycles. The fourth-order valence-corrected chi connectivity index (χ4v) is 2.24. The van der Waals surface area contributed by atoms with Crippen LogP contribution in [0.15, 0.2) is 22.7 Å². The molecular weight excluding hydrogens is 313 g/mol. The highest BCUT2D eigenvalue weighted by Gasteiger charge is 2.22. The molecule has 0 aliphatic carbocycles. The molecule has 0 amide bonds. The predicted molar refractivity (Wildman–Crippen MR) is 77.8 cm³/mol. The van der Waals surface area contributed by atoms with Crippen LogP contribution >= 0.6 is 15.9 Å². The minimum absolute atomic E-state index is 0.282. The first kappa shape index (κ1) is 16.6. The lowest BCUT2D eigenvalue weighted by Crippen LogP contribution is -2.33. The van der Waals surface area contributed by atoms with Crippen molar-refractivity contribution in [1.82, 2.24) is 5.32 Å². The fourth-order valence-electron chi connectivity index (χ4n) is 1.83. The number of nitrogens with one attached hydrogen (secondary N) is 1. The van der Waals surface area contributed by atoms with E-state index in [4.69, 9.17) is 4.74 Å². The van der Waals surface area contributed by atoms with E-state index in [1.807, 2.05) is 0 Å². The van der Waals surface area contributed by atoms with Crippen molar-refractivity contribution in [2.75, 3.05) is 26.8 Å². The van der Waals surface area contributed by atoms with Gasteiger partial charge < -0.3 is 15.2 Å². The number of rotatable bonds is 8. The Kier molecular flexibility index (Phi) is 6.93. The SMILES string of the molecule is COCCNCCC(C)(O)Cc1cc(Br)ccc1F. The van der Waals surface area contributed by atoms with Gasteiger partial charge in [0.15, 0.2) is 0 Å². The highest BCUT2D eigenvalue weighted by Crippen LogP contribution is 2.22. The van der Waals surface area contributed by atoms with Crippen LogP contribution in [0.25, 0.3) is 0 Å². The summed E-state index contributed by atoms with van der Waals surface area (Å²) in [6.07, 6.45) is 0.854. The average Bonchev–Trinajstić information content (AvgIpc) is 2.33. The van der Waals surface area contributed by atoms with Gasteiger partial charge in [-0.2, -0.15) is 0 Å². The van der Waals surface area contributed by atoms with Crippen LogP contribution < -0.4 is 5.32 Å². The number of benzene rings is 1. The van der Waals surface area contributed by atoms with Crippen molar-refractivity contribution in [1.29, 1.82) is 0 Å². The van der Waals surface area contributed by atoms with Crippen molar-refractivity contribution in [3.8, 4) is 0 Å². The van der Waals surface area contributed by atoms with Crippen LogP contribution in [0.3, 0.4) is 0 Å². The summed E-state index contributed by atoms with van der Waals surface area (Å²) < 4.78 is 19.4. The first-order chi connectivity index (χ1) is 8.94. The number of hydrogen-bond acceptors (Lipinski definition) is 3. The summed E-state index contributed by atoms with van der Waals surface area (Å²) >= 11 is 3.31. The highest BCUT2D eigenvalue weighted by atomic mass is 79.9. The van der Waals surface area contributed by atoms with Crippen LogP contribution in [0.1, 0.15) is 18.9 Å². The summed E-state index contributed by atoms with van der Waals surface area (Å²) in [6.45, 7) is 3.79. The molecule has 1 aromatic carbocycles. The van der Waals surface area contributed by atoms with Gasteiger partial charge in [0, 0.05) is 24.5 Å². The maximum absolute atomic E-state index is 13.6. The van der Waals surface area contributed by atoms with Gasteiger partial charge in [-0.1, -0.05) is 15.9 Å². The normalized spacial score (nSPS) is 14.4. The van der Waals surface area contributed by atoms with E-state index in [1.165, 1.54) is 6.07 Å². The largest absolute Gasteiger partial charge is 0.390 e. The summed E-state index contributed by atoms with van der Waals surface area (Å²) in [5, 5.41) is 13.5. The summed E-state index contributed by atoms with van der Waals surface area (Å²) in [5.74, 6) is -0.282. The highest BCUT2D eigenvalue weighted by molar-refractivity contribution is 9.10. The van der Waals surface area contributed by atoms with E-state index in [0.29, 0.717) is 31.6 Å². The molecule has 3 nitrogen and oxygen atoms in total. The van der Waals surface area contributed by atoms with Crippen molar-refractivity contribution in [3.63, 3.8) is 0 Å². The molecule has 0 radical (unpaired) electrons. The molecule has 0 saturated heterocycles. The van der Waals surface area contributed by atoms with Crippen molar-refractivity contribution in [2.45, 2.75) is 25.4 Å². The second-order valence-corrected chi connectivity index (χ2v) is 5.82. The van der Waals surface area contributed by atoms with Gasteiger partial charge in [-0.25, -0.2) is 4.39 Å². The van der Waals surface area contributed by atoms with Crippen LogP contribution in [0.4, 0.5) is 4.39 Å². The molecule has 0 fully saturated rings. The van der Waals surface area contributed by atoms with Gasteiger partial charge in [-0.3, -0.25) is 0 Å². The number of hydrogen-bond donors (Lipinski definition) is 2. The molecule has 1 aromatic rings. The number of ether oxygens (including phenoxy) is 1. The van der Waals surface area contributed by atoms with Crippen molar-refractivity contribution in [3.05, 3.63) is 34.1 Å². The lowest BCUT2D eigenvalue weighted by atomic mass is 9.93. The molecule has 2 N–H and O–H groups in total. The van der Waals surface area contributed by atoms with Gasteiger partial charge >= 0.3 is 0 Å². The molecule has 0 aromatic heterocycles. The Morgan fingerprint density at radius 2 is 2.16 bits per heavy atom. The van der Waals surface area contributed by atoms with Crippen LogP contribution in [0, 0.1) is 5.82 Å². The lowest BCUT2D eigenvalue weighted by Gasteiger charge is -2.24. The first-order valence-electron chi connectivity index (χ1n) is 6.30. The van der Waals surface area contributed by atoms with Gasteiger partial charge in [0.2, 0.25) is 0 Å². The smallest absolute Gasteiger partial charge is 0.126 e. The van der Waals surface area contributed by atoms with Crippen LogP contribution in [0.2, 0.25) is 0 Å². The summed E-state index contributed by atoms with van der Waals surface area (Å²) in [5.41, 5.74) is -0.405. The molecule has 1 unspecified atom stereocenters. The zero-order valence-corrected chi connectivity index (χ0v) is 13.0. The van der Waals surface area contributed by atoms with Crippen LogP contribution in [-0.2, 0) is 11.2 Å². The van der Waals surface area contributed by atoms with Crippen molar-refractivity contribution >= 4 is 15.9 Å². The van der Waals surface area contributed by atoms with E-state index >= 15 is 0 Å². The molecule has 1 rings (SSSR count). The Morgan fingerprint density at radius 3 is 2.84 bits per heavy atom. The average molecular weight is 334 g/mol. The van der Waals surface area contributed by atoms with E-state index in [2.05, 4.69) is 21.2 Å². The monoisotopic (exact) mass is 333 g/mol. The molecule has 0 aliphatic rings. The predicted octanol–water partition coefficient (Wildman–Crippen LogP) is 2.51. The third-order valence-electron chi connectivity index (χ3n) is 2.90. The first-order valence-corrected chi connectivity index (χ1v) is 7.10. The van der Waals surface area contributed by atoms with Gasteiger partial charge in [-0.05, 0) is 43.7 Å². The van der Waals surface area contributed by atoms with Crippen LogP contribution in [0.5, 0.6) is 0 Å². The number of aliphatic hydroxyl groups is 1. The number of methoxy groups -OCH3 is 1. The second kappa shape index (κ2) is 7.94. The quantitative estimate of drug-likeness (QED) is 0.718. The molecule has 0 saturated carbocycles. The Bertz CT molecular complexity index is 399. The third-order valence-corrected chi connectivity index (χ3v) is 3.40. The molecule has 0 spiro atoms. The van der Waals surface area contributed by atoms with Crippen molar-refractivity contribution < 1.29 is 14.2 Å². The minimum atomic E-state index is -0.929. The number of halogens is 2. The lowest BCUT2D eigenvalue weighted by molar-refractivity contribution is 0.0502. The standard InChI is InChI=1S/C14H21BrFNO2/c1-14(18,5-6-17-7-8-19-2)10-11-9-12(15)3-4-13(11)16/h3-4,9,17-18H,5-8,10H2,1-2H3. The summed E-state index contributed by atoms with van der Waals surface area (Å²) in [6, 6.07) is 4.77. The Hall–Kier alpha value is -0.490. The molecule has 5 heteroatoms. The maximum Gasteiger partial charge on any atom is 0.126 e. The molecule has 108 valence electrons. The van der Waals surface area contributed by atoms with E-state index in [9.17, 15) is 9.50 Å². The third kappa shape index (κ3) is 6.47. The topological polar surface area (TPSA) is 41.5 Å². The maximum atomic E-state index is 13.6. The van der Waals surface area contributed by atoms with Gasteiger partial charge in [0.05, 0.1) is 12.2 Å². The Morgan fingerprint density at radius 1 is 1.42 bits per heavy atom. The van der Waals surface area contributed by atoms with E-state index in [1.54, 1.807) is 26.2 Å². The van der Waals surface area contributed by atoms with E-state index < -0.39 is 5.60 Å². The minimum Gasteiger partial charge on any atom is -0.390 e. The zero-order valence-electron chi connectivity index (χ0n) is 11.4. The Balaban J connectivity index is 2.46. The van der Waals surface area contributed by atoms with Gasteiger partial charge in [0.25, 0.3) is 0 Å². The molecule has 1 atom stereocenters. The van der Waals surface area contributed by atoms with Crippen molar-refractivity contribution in [2.24, 2.45) is 0 Å². The van der Waals surface area contributed by atoms with E-state index in [-0.39, 0.29) is 5.82 Å². The van der Waals surface area contributed by atoms with E-state index in [0.717, 1.165) is 11.0 Å². The van der Waals surface area contributed by atoms with Gasteiger partial charge in [-0.15, -0.1) is 0 Å². The molecule has 0 heterocycles. The van der Waals surface area contributed by atoms with Gasteiger partial charge in [0.1, 0.15) is 5.82 Å². The zero-order chi connectivity index (χ0) is 14.3. The molecule has 19 heavy (non-hydrogen) atoms. The van der Waals surface area contributed by atoms with Crippen LogP contribution in [-0.4, -0.2) is 37.5 Å².